The molecule has 0 bridgehead atoms. The molecule has 1 atom stereocenters. The second-order valence-corrected chi connectivity index (χ2v) is 5.13. The Bertz CT molecular complexity index is 641. The average Bonchev–Trinajstić information content (AvgIpc) is 2.52. The van der Waals surface area contributed by atoms with Gasteiger partial charge < -0.3 is 30.2 Å². The Kier molecular flexibility index (Phi) is 5.18. The summed E-state index contributed by atoms with van der Waals surface area (Å²) in [5.41, 5.74) is 7.70. The van der Waals surface area contributed by atoms with Crippen LogP contribution in [0.5, 0.6) is 28.7 Å². The van der Waals surface area contributed by atoms with Crippen LogP contribution in [0.2, 0.25) is 0 Å². The van der Waals surface area contributed by atoms with E-state index in [1.807, 2.05) is 12.1 Å². The summed E-state index contributed by atoms with van der Waals surface area (Å²) in [6.45, 7) is 0. The summed E-state index contributed by atoms with van der Waals surface area (Å²) < 4.78 is 15.9. The van der Waals surface area contributed by atoms with Gasteiger partial charge in [0.15, 0.2) is 11.5 Å². The number of nitrogens with two attached hydrogens (primary N) is 1. The Hall–Kier alpha value is -2.60. The largest absolute Gasteiger partial charge is 0.508 e. The van der Waals surface area contributed by atoms with Crippen LogP contribution in [0.4, 0.5) is 0 Å². The molecule has 2 aromatic carbocycles. The maximum absolute atomic E-state index is 9.57. The molecule has 6 nitrogen and oxygen atoms in total. The third kappa shape index (κ3) is 3.78. The van der Waals surface area contributed by atoms with Crippen molar-refractivity contribution in [2.24, 2.45) is 5.73 Å². The van der Waals surface area contributed by atoms with Crippen LogP contribution in [0.1, 0.15) is 17.2 Å². The molecule has 0 saturated heterocycles. The smallest absolute Gasteiger partial charge is 0.203 e. The normalized spacial score (nSPS) is 11.8. The van der Waals surface area contributed by atoms with E-state index in [4.69, 9.17) is 19.9 Å². The zero-order valence-electron chi connectivity index (χ0n) is 13.4. The fourth-order valence-corrected chi connectivity index (χ4v) is 2.46. The molecule has 0 heterocycles. The molecule has 0 saturated carbocycles. The van der Waals surface area contributed by atoms with Crippen molar-refractivity contribution < 1.29 is 24.4 Å². The molecule has 1 unspecified atom stereocenters. The van der Waals surface area contributed by atoms with Crippen molar-refractivity contribution in [2.45, 2.75) is 12.5 Å². The number of hydrogen-bond donors (Lipinski definition) is 3. The molecule has 0 aliphatic rings. The van der Waals surface area contributed by atoms with Gasteiger partial charge >= 0.3 is 0 Å². The number of methoxy groups -OCH3 is 3. The topological polar surface area (TPSA) is 94.2 Å². The molecule has 0 spiro atoms. The Morgan fingerprint density at radius 3 is 1.83 bits per heavy atom. The van der Waals surface area contributed by atoms with E-state index in [0.29, 0.717) is 29.2 Å². The highest BCUT2D eigenvalue weighted by Crippen LogP contribution is 2.39. The maximum atomic E-state index is 9.57. The Balaban J connectivity index is 2.31. The molecular weight excluding hydrogens is 298 g/mol. The first-order valence-electron chi connectivity index (χ1n) is 7.05. The Morgan fingerprint density at radius 1 is 0.870 bits per heavy atom. The molecular formula is C17H21NO5. The Labute approximate surface area is 135 Å². The lowest BCUT2D eigenvalue weighted by atomic mass is 9.98. The zero-order valence-corrected chi connectivity index (χ0v) is 13.4. The van der Waals surface area contributed by atoms with Crippen molar-refractivity contribution in [2.75, 3.05) is 21.3 Å². The van der Waals surface area contributed by atoms with Crippen LogP contribution in [0, 0.1) is 0 Å². The standard InChI is InChI=1S/C17H21NO5/c1-21-15-5-10(6-16(22-2)17(15)23-3)4-14(18)11-7-12(19)9-13(20)8-11/h5-9,14,19-20H,4,18H2,1-3H3. The summed E-state index contributed by atoms with van der Waals surface area (Å²) >= 11 is 0. The van der Waals surface area contributed by atoms with E-state index >= 15 is 0 Å². The van der Waals surface area contributed by atoms with Crippen molar-refractivity contribution in [1.82, 2.24) is 0 Å². The second-order valence-electron chi connectivity index (χ2n) is 5.13. The number of ether oxygens (including phenoxy) is 3. The van der Waals surface area contributed by atoms with E-state index in [-0.39, 0.29) is 11.5 Å². The van der Waals surface area contributed by atoms with E-state index in [0.717, 1.165) is 5.56 Å². The summed E-state index contributed by atoms with van der Waals surface area (Å²) in [5.74, 6) is 1.56. The van der Waals surface area contributed by atoms with Crippen molar-refractivity contribution in [1.29, 1.82) is 0 Å². The predicted octanol–water partition coefficient (Wildman–Crippen LogP) is 2.37. The van der Waals surface area contributed by atoms with Gasteiger partial charge in [-0.3, -0.25) is 0 Å². The fraction of sp³-hybridized carbons (Fsp3) is 0.294. The van der Waals surface area contributed by atoms with Crippen molar-refractivity contribution in [3.63, 3.8) is 0 Å². The first-order chi connectivity index (χ1) is 11.0. The van der Waals surface area contributed by atoms with Crippen LogP contribution in [-0.4, -0.2) is 31.5 Å². The van der Waals surface area contributed by atoms with Gasteiger partial charge in [0.2, 0.25) is 5.75 Å². The van der Waals surface area contributed by atoms with E-state index in [9.17, 15) is 10.2 Å². The van der Waals surface area contributed by atoms with Crippen LogP contribution in [0.3, 0.4) is 0 Å². The maximum Gasteiger partial charge on any atom is 0.203 e. The lowest BCUT2D eigenvalue weighted by molar-refractivity contribution is 0.323. The summed E-state index contributed by atoms with van der Waals surface area (Å²) in [4.78, 5) is 0. The fourth-order valence-electron chi connectivity index (χ4n) is 2.46. The molecule has 0 aromatic heterocycles. The summed E-state index contributed by atoms with van der Waals surface area (Å²) in [6, 6.07) is 7.56. The quantitative estimate of drug-likeness (QED) is 0.757. The lowest BCUT2D eigenvalue weighted by Crippen LogP contribution is -2.13. The SMILES string of the molecule is COc1cc(CC(N)c2cc(O)cc(O)c2)cc(OC)c1OC. The van der Waals surface area contributed by atoms with E-state index in [1.165, 1.54) is 18.2 Å². The predicted molar refractivity (Wildman–Crippen MR) is 86.5 cm³/mol. The van der Waals surface area contributed by atoms with Crippen molar-refractivity contribution in [3.8, 4) is 28.7 Å². The third-order valence-corrected chi connectivity index (χ3v) is 3.53. The average molecular weight is 319 g/mol. The molecule has 0 aliphatic carbocycles. The van der Waals surface area contributed by atoms with Crippen LogP contribution >= 0.6 is 0 Å². The molecule has 0 amide bonds. The molecule has 0 fully saturated rings. The number of hydrogen-bond acceptors (Lipinski definition) is 6. The van der Waals surface area contributed by atoms with Crippen LogP contribution in [-0.2, 0) is 6.42 Å². The highest BCUT2D eigenvalue weighted by Gasteiger charge is 2.16. The Morgan fingerprint density at radius 2 is 1.39 bits per heavy atom. The van der Waals surface area contributed by atoms with Crippen LogP contribution < -0.4 is 19.9 Å². The van der Waals surface area contributed by atoms with Gasteiger partial charge in [-0.25, -0.2) is 0 Å². The van der Waals surface area contributed by atoms with E-state index in [1.54, 1.807) is 21.3 Å². The van der Waals surface area contributed by atoms with Gasteiger partial charge in [-0.1, -0.05) is 0 Å². The monoisotopic (exact) mass is 319 g/mol. The molecule has 2 rings (SSSR count). The van der Waals surface area contributed by atoms with E-state index in [2.05, 4.69) is 0 Å². The van der Waals surface area contributed by atoms with E-state index < -0.39 is 6.04 Å². The van der Waals surface area contributed by atoms with Crippen LogP contribution in [0.15, 0.2) is 30.3 Å². The summed E-state index contributed by atoms with van der Waals surface area (Å²) in [6.07, 6.45) is 0.472. The number of rotatable bonds is 6. The second kappa shape index (κ2) is 7.11. The first-order valence-corrected chi connectivity index (χ1v) is 7.05. The lowest BCUT2D eigenvalue weighted by Gasteiger charge is -2.17. The molecule has 6 heteroatoms. The minimum Gasteiger partial charge on any atom is -0.508 e. The van der Waals surface area contributed by atoms with Gasteiger partial charge in [0.1, 0.15) is 11.5 Å². The summed E-state index contributed by atoms with van der Waals surface area (Å²) in [7, 11) is 4.64. The highest BCUT2D eigenvalue weighted by atomic mass is 16.5. The molecule has 0 aliphatic heterocycles. The number of benzene rings is 2. The van der Waals surface area contributed by atoms with Crippen molar-refractivity contribution in [3.05, 3.63) is 41.5 Å². The molecule has 4 N–H and O–H groups in total. The van der Waals surface area contributed by atoms with Gasteiger partial charge in [-0.2, -0.15) is 0 Å². The number of aromatic hydroxyl groups is 2. The van der Waals surface area contributed by atoms with Crippen molar-refractivity contribution >= 4 is 0 Å². The minimum absolute atomic E-state index is 0.0275. The zero-order chi connectivity index (χ0) is 17.0. The van der Waals surface area contributed by atoms with Gasteiger partial charge in [0.05, 0.1) is 21.3 Å². The summed E-state index contributed by atoms with van der Waals surface area (Å²) in [5, 5.41) is 19.1. The molecule has 2 aromatic rings. The number of phenols is 2. The van der Waals surface area contributed by atoms with Gasteiger partial charge in [0.25, 0.3) is 0 Å². The van der Waals surface area contributed by atoms with Gasteiger partial charge in [-0.15, -0.1) is 0 Å². The van der Waals surface area contributed by atoms with Gasteiger partial charge in [-0.05, 0) is 41.8 Å². The third-order valence-electron chi connectivity index (χ3n) is 3.53. The minimum atomic E-state index is -0.407. The molecule has 124 valence electrons. The molecule has 23 heavy (non-hydrogen) atoms. The first kappa shape index (κ1) is 16.8. The van der Waals surface area contributed by atoms with Crippen LogP contribution in [0.25, 0.3) is 0 Å². The van der Waals surface area contributed by atoms with Gasteiger partial charge in [0, 0.05) is 12.1 Å². The molecule has 0 radical (unpaired) electrons. The number of phenolic OH excluding ortho intramolecular Hbond substituents is 2. The highest BCUT2D eigenvalue weighted by molar-refractivity contribution is 5.54.